The minimum absolute atomic E-state index is 0. The van der Waals surface area contributed by atoms with E-state index in [9.17, 15) is 37.5 Å². The van der Waals surface area contributed by atoms with Gasteiger partial charge < -0.3 is 46.8 Å². The van der Waals surface area contributed by atoms with Crippen LogP contribution in [0.2, 0.25) is 0 Å². The third-order valence-corrected chi connectivity index (χ3v) is 20.2. The van der Waals surface area contributed by atoms with Gasteiger partial charge in [-0.25, -0.2) is 46.3 Å². The number of benzene rings is 6. The van der Waals surface area contributed by atoms with Gasteiger partial charge in [0.05, 0.1) is 11.4 Å². The van der Waals surface area contributed by atoms with Crippen LogP contribution in [0, 0.1) is 35.2 Å². The van der Waals surface area contributed by atoms with E-state index in [4.69, 9.17) is 0 Å². The number of halogens is 3. The second-order valence-corrected chi connectivity index (χ2v) is 28.9. The van der Waals surface area contributed by atoms with E-state index in [2.05, 4.69) is 87.8 Å². The molecular formula is C81H112F3N21O5. The number of hydrogen-bond donors (Lipinski definition) is 7. The molecule has 7 N–H and O–H groups in total. The predicted octanol–water partition coefficient (Wildman–Crippen LogP) is 13.8. The molecule has 3 fully saturated rings. The molecule has 0 bridgehead atoms. The van der Waals surface area contributed by atoms with E-state index < -0.39 is 6.23 Å². The van der Waals surface area contributed by atoms with Gasteiger partial charge in [-0.05, 0) is 263 Å². The number of rotatable bonds is 27. The number of anilines is 3. The zero-order chi connectivity index (χ0) is 77.3. The Morgan fingerprint density at radius 3 is 1.59 bits per heavy atom. The van der Waals surface area contributed by atoms with Gasteiger partial charge in [-0.15, -0.1) is 10.2 Å². The van der Waals surface area contributed by atoms with Crippen molar-refractivity contribution in [3.63, 3.8) is 0 Å². The van der Waals surface area contributed by atoms with Crippen molar-refractivity contribution < 1.29 is 46.0 Å². The number of hydrogen-bond acceptors (Lipinski definition) is 16. The monoisotopic (exact) mass is 1520 g/mol. The third kappa shape index (κ3) is 24.5. The maximum Gasteiger partial charge on any atom is 0.319 e. The van der Waals surface area contributed by atoms with E-state index in [1.807, 2.05) is 111 Å². The fraction of sp³-hybridized carbons (Fsp3) is 0.407. The molecule has 0 spiro atoms. The first-order valence-electron chi connectivity index (χ1n) is 38.0. The van der Waals surface area contributed by atoms with Gasteiger partial charge in [-0.1, -0.05) is 55.5 Å². The summed E-state index contributed by atoms with van der Waals surface area (Å²) in [5, 5.41) is 60.2. The Labute approximate surface area is 648 Å². The number of nitrogens with one attached hydrogen (secondary N) is 6. The van der Waals surface area contributed by atoms with Crippen LogP contribution < -0.4 is 31.9 Å². The number of nitrogens with zero attached hydrogens (tertiary/aromatic N) is 15. The molecule has 6 amide bonds. The molecule has 3 aliphatic heterocycles. The Balaban J connectivity index is 0.000000303. The van der Waals surface area contributed by atoms with E-state index in [1.54, 1.807) is 76.9 Å². The van der Waals surface area contributed by atoms with Gasteiger partial charge in [0.15, 0.2) is 17.4 Å². The van der Waals surface area contributed by atoms with Crippen LogP contribution in [0.4, 0.5) is 44.6 Å². The Hall–Kier alpha value is -11.0. The van der Waals surface area contributed by atoms with Crippen LogP contribution in [-0.4, -0.2) is 181 Å². The second-order valence-electron chi connectivity index (χ2n) is 28.9. The number of ketones is 1. The third-order valence-electron chi connectivity index (χ3n) is 20.2. The SMILES string of the molecule is CC(=O)c1cc(NC(=O)N[C@H](C)CCN2CCC[C@@H](Cc3ccc(F)cc3)C2)cc(-c2nnnn2C)c1.CC[C@H](C[C@@H](O)N1CCC[C@@H](Cc2ccc(F)cc2)C1)NC(=O)Nc1cccc(-c2nnnn2C)c1.O=C(NCCCN1CCC[C@@H](Cc2ccc(F)cc2)C1)Nc1cc(-n2cccn2)cc(-n2cccn2)c1.[HH].[HH].[HH].[HH].[HH].[HH]. The van der Waals surface area contributed by atoms with Crippen molar-refractivity contribution in [1.29, 1.82) is 0 Å². The van der Waals surface area contributed by atoms with Crippen molar-refractivity contribution in [2.45, 2.75) is 123 Å². The van der Waals surface area contributed by atoms with Gasteiger partial charge in [0.1, 0.15) is 23.7 Å². The van der Waals surface area contributed by atoms with Crippen molar-refractivity contribution in [2.24, 2.45) is 31.8 Å². The lowest BCUT2D eigenvalue weighted by Crippen LogP contribution is -2.47. The molecule has 0 unspecified atom stereocenters. The second kappa shape index (κ2) is 39.9. The molecule has 3 saturated heterocycles. The van der Waals surface area contributed by atoms with Crippen LogP contribution in [0.15, 0.2) is 170 Å². The highest BCUT2D eigenvalue weighted by Crippen LogP contribution is 2.29. The highest BCUT2D eigenvalue weighted by atomic mass is 19.1. The number of urea groups is 3. The molecule has 0 aliphatic carbocycles. The van der Waals surface area contributed by atoms with Crippen LogP contribution in [-0.2, 0) is 33.4 Å². The molecule has 4 aromatic heterocycles. The number of likely N-dealkylation sites (tertiary alicyclic amines) is 3. The Bertz CT molecular complexity index is 4530. The summed E-state index contributed by atoms with van der Waals surface area (Å²) in [7, 11) is 3.47. The summed E-state index contributed by atoms with van der Waals surface area (Å²) in [5.41, 5.74) is 8.82. The minimum Gasteiger partial charge on any atom is -0.378 e. The first kappa shape index (κ1) is 80.0. The topological polar surface area (TPSA) is 293 Å². The Morgan fingerprint density at radius 1 is 0.564 bits per heavy atom. The summed E-state index contributed by atoms with van der Waals surface area (Å²) in [6.07, 6.45) is 18.9. The molecule has 6 atom stereocenters. The average Bonchev–Trinajstić information content (AvgIpc) is 1.65. The molecule has 7 heterocycles. The number of Topliss-reactive ketones (excluding diaryl/α,β-unsaturated/α-hetero) is 1. The molecule has 29 heteroatoms. The van der Waals surface area contributed by atoms with Crippen molar-refractivity contribution in [1.82, 2.24) is 90.6 Å². The summed E-state index contributed by atoms with van der Waals surface area (Å²) in [6.45, 7) is 13.7. The molecule has 0 radical (unpaired) electrons. The number of piperidine rings is 3. The Morgan fingerprint density at radius 2 is 1.06 bits per heavy atom. The standard InChI is InChI=1S/C28H32FN7O.C27H34FN7O2.C26H34FN7O2.6H2/c29-24-8-6-22(7-9-24)17-23-5-1-13-34(21-23)14-2-10-30-28(37)33-25-18-26(35-15-3-11-31-35)20-27(19-25)36-16-4-12-32-36;1-18(10-12-35-11-4-5-21(17-35)13-20-6-8-24(28)9-7-20)29-27(37)30-25-15-22(19(2)36)14-23(16-25)26-31-32-33-34(26)3;1-3-22(28-26(36)29-23-8-4-7-20(15-23)25-30-31-32-33(25)2)16-24(35)34-13-5-6-19(17-34)14-18-9-11-21(27)12-10-18;;;;;;/h3-4,6-9,11-12,15-16,18-20,23H,1-2,5,10,13-14,17,21H2,(H2,30,33,37);6-9,14-16,18,21H,4-5,10-13,17H2,1-3H3,(H2,29,30,37);4,7-12,15,19,22,24,35H,3,5-6,13-14,16-17H2,1-2H3,(H2,28,29,36);6*1H/t23-;18-,21+;19-,22+,24+;;;;;;/m010....../s1. The molecule has 10 aromatic rings. The fourth-order valence-corrected chi connectivity index (χ4v) is 14.5. The lowest BCUT2D eigenvalue weighted by atomic mass is 9.91. The summed E-state index contributed by atoms with van der Waals surface area (Å²) in [6, 6.07) is 41.1. The highest BCUT2D eigenvalue weighted by Gasteiger charge is 2.28. The number of amides is 6. The number of aliphatic hydroxyl groups is 1. The summed E-state index contributed by atoms with van der Waals surface area (Å²) in [4.78, 5) is 57.1. The normalized spacial score (nSPS) is 16.9. The van der Waals surface area contributed by atoms with E-state index >= 15 is 0 Å². The molecule has 3 aliphatic rings. The molecule has 6 aromatic carbocycles. The smallest absolute Gasteiger partial charge is 0.319 e. The Kier molecular flexibility index (Phi) is 29.0. The lowest BCUT2D eigenvalue weighted by Gasteiger charge is -2.37. The fourth-order valence-electron chi connectivity index (χ4n) is 14.5. The van der Waals surface area contributed by atoms with Crippen LogP contribution in [0.5, 0.6) is 0 Å². The average molecular weight is 1520 g/mol. The van der Waals surface area contributed by atoms with Gasteiger partial charge in [0.2, 0.25) is 0 Å². The van der Waals surface area contributed by atoms with Crippen molar-refractivity contribution in [3.05, 3.63) is 210 Å². The van der Waals surface area contributed by atoms with Crippen LogP contribution >= 0.6 is 0 Å². The van der Waals surface area contributed by atoms with E-state index in [0.717, 1.165) is 126 Å². The number of aromatic nitrogens is 12. The van der Waals surface area contributed by atoms with Gasteiger partial charge in [-0.2, -0.15) is 10.2 Å². The molecule has 0 saturated carbocycles. The van der Waals surface area contributed by atoms with E-state index in [-0.39, 0.29) is 62.0 Å². The van der Waals surface area contributed by atoms with Gasteiger partial charge in [0, 0.05) is 139 Å². The minimum atomic E-state index is -0.641. The van der Waals surface area contributed by atoms with Crippen LogP contribution in [0.3, 0.4) is 0 Å². The summed E-state index contributed by atoms with van der Waals surface area (Å²) < 4.78 is 46.2. The quantitative estimate of drug-likeness (QED) is 0.0186. The highest BCUT2D eigenvalue weighted by molar-refractivity contribution is 5.98. The first-order valence-corrected chi connectivity index (χ1v) is 38.0. The predicted molar refractivity (Wildman–Crippen MR) is 430 cm³/mol. The van der Waals surface area contributed by atoms with E-state index in [1.165, 1.54) is 66.3 Å². The van der Waals surface area contributed by atoms with Crippen LogP contribution in [0.25, 0.3) is 34.2 Å². The van der Waals surface area contributed by atoms with Crippen LogP contribution in [0.1, 0.15) is 121 Å². The lowest BCUT2D eigenvalue weighted by molar-refractivity contribution is -0.0317. The van der Waals surface area contributed by atoms with E-state index in [0.29, 0.717) is 77.0 Å². The number of aryl methyl sites for hydroxylation is 2. The number of carbonyl (C=O) groups is 4. The van der Waals surface area contributed by atoms with Gasteiger partial charge >= 0.3 is 18.1 Å². The summed E-state index contributed by atoms with van der Waals surface area (Å²) in [5.74, 6) is 1.92. The zero-order valence-electron chi connectivity index (χ0n) is 63.1. The van der Waals surface area contributed by atoms with Crippen molar-refractivity contribution in [2.75, 3.05) is 74.9 Å². The molecular weight excluding hydrogens is 1400 g/mol. The maximum absolute atomic E-state index is 13.2. The van der Waals surface area contributed by atoms with Crippen molar-refractivity contribution >= 4 is 40.9 Å². The number of tetrazole rings is 2. The molecule has 13 rings (SSSR count). The first-order chi connectivity index (χ1) is 53.3. The summed E-state index contributed by atoms with van der Waals surface area (Å²) >= 11 is 0. The molecule has 110 heavy (non-hydrogen) atoms. The zero-order valence-corrected chi connectivity index (χ0v) is 63.1. The maximum atomic E-state index is 13.2. The van der Waals surface area contributed by atoms with Crippen molar-refractivity contribution in [3.8, 4) is 34.2 Å². The largest absolute Gasteiger partial charge is 0.378 e. The number of aliphatic hydroxyl groups excluding tert-OH is 1. The molecule has 592 valence electrons. The van der Waals surface area contributed by atoms with Gasteiger partial charge in [0.25, 0.3) is 0 Å². The van der Waals surface area contributed by atoms with Gasteiger partial charge in [-0.3, -0.25) is 9.69 Å². The number of carbonyl (C=O) groups excluding carboxylic acids is 4. The molecule has 26 nitrogen and oxygen atoms in total.